The molecule has 0 bridgehead atoms. The van der Waals surface area contributed by atoms with E-state index in [1.165, 1.54) is 12.1 Å². The summed E-state index contributed by atoms with van der Waals surface area (Å²) >= 11 is 2.01. The van der Waals surface area contributed by atoms with Gasteiger partial charge in [0.05, 0.1) is 6.04 Å². The number of piperazine rings is 1. The molecule has 1 saturated heterocycles. The fourth-order valence-corrected chi connectivity index (χ4v) is 2.71. The van der Waals surface area contributed by atoms with E-state index in [9.17, 15) is 13.2 Å². The van der Waals surface area contributed by atoms with Crippen LogP contribution in [0.25, 0.3) is 0 Å². The molecule has 0 aromatic heterocycles. The summed E-state index contributed by atoms with van der Waals surface area (Å²) in [5.74, 6) is -0.556. The number of nitrogens with one attached hydrogen (secondary N) is 1. The molecule has 0 aliphatic carbocycles. The van der Waals surface area contributed by atoms with Crippen LogP contribution in [0.15, 0.2) is 18.2 Å². The van der Waals surface area contributed by atoms with E-state index in [1.54, 1.807) is 11.0 Å². The van der Waals surface area contributed by atoms with E-state index in [4.69, 9.17) is 0 Å². The molecule has 18 heavy (non-hydrogen) atoms. The summed E-state index contributed by atoms with van der Waals surface area (Å²) in [6.45, 7) is 2.35. The van der Waals surface area contributed by atoms with E-state index in [-0.39, 0.29) is 5.56 Å². The van der Waals surface area contributed by atoms with Gasteiger partial charge in [-0.15, -0.1) is 0 Å². The second kappa shape index (κ2) is 6.21. The maximum absolute atomic E-state index is 13.8. The van der Waals surface area contributed by atoms with Gasteiger partial charge in [-0.3, -0.25) is 4.90 Å². The highest BCUT2D eigenvalue weighted by Crippen LogP contribution is 2.30. The van der Waals surface area contributed by atoms with Crippen LogP contribution >= 0.6 is 22.6 Å². The van der Waals surface area contributed by atoms with Gasteiger partial charge in [-0.05, 0) is 40.8 Å². The molecular weight excluding hydrogens is 356 g/mol. The molecule has 1 aromatic carbocycles. The lowest BCUT2D eigenvalue weighted by molar-refractivity contribution is 0.0164. The molecule has 1 atom stereocenters. The van der Waals surface area contributed by atoms with Crippen molar-refractivity contribution in [1.82, 2.24) is 10.2 Å². The standard InChI is InChI=1S/C12H14F3IN2/c13-10-2-1-8(16)7-9(10)11(12(14)15)18-5-3-17-4-6-18/h1-2,7,11-12,17H,3-6H2/t11-/m0/s1. The average Bonchev–Trinajstić information content (AvgIpc) is 2.35. The van der Waals surface area contributed by atoms with E-state index in [0.717, 1.165) is 3.57 Å². The van der Waals surface area contributed by atoms with Crippen molar-refractivity contribution in [1.29, 1.82) is 0 Å². The first kappa shape index (κ1) is 14.1. The monoisotopic (exact) mass is 370 g/mol. The summed E-state index contributed by atoms with van der Waals surface area (Å²) in [6, 6.07) is 3.20. The first-order valence-electron chi connectivity index (χ1n) is 5.77. The smallest absolute Gasteiger partial charge is 0.258 e. The Bertz CT molecular complexity index is 408. The summed E-state index contributed by atoms with van der Waals surface area (Å²) < 4.78 is 41.0. The largest absolute Gasteiger partial charge is 0.314 e. The molecule has 0 unspecified atom stereocenters. The number of benzene rings is 1. The Morgan fingerprint density at radius 3 is 2.50 bits per heavy atom. The van der Waals surface area contributed by atoms with Crippen LogP contribution in [0, 0.1) is 9.39 Å². The van der Waals surface area contributed by atoms with Crippen LogP contribution < -0.4 is 5.32 Å². The van der Waals surface area contributed by atoms with Gasteiger partial charge in [0.25, 0.3) is 6.43 Å². The Kier molecular flexibility index (Phi) is 4.85. The summed E-state index contributed by atoms with van der Waals surface area (Å²) in [5.41, 5.74) is 0.0961. The molecule has 1 aromatic rings. The fraction of sp³-hybridized carbons (Fsp3) is 0.500. The summed E-state index contributed by atoms with van der Waals surface area (Å²) in [7, 11) is 0. The van der Waals surface area contributed by atoms with Gasteiger partial charge in [0.2, 0.25) is 0 Å². The van der Waals surface area contributed by atoms with Gasteiger partial charge in [0, 0.05) is 35.3 Å². The van der Waals surface area contributed by atoms with Gasteiger partial charge >= 0.3 is 0 Å². The lowest BCUT2D eigenvalue weighted by atomic mass is 10.0. The van der Waals surface area contributed by atoms with E-state index in [0.29, 0.717) is 26.2 Å². The van der Waals surface area contributed by atoms with Crippen LogP contribution in [0.2, 0.25) is 0 Å². The molecule has 2 nitrogen and oxygen atoms in total. The minimum absolute atomic E-state index is 0.0961. The van der Waals surface area contributed by atoms with E-state index >= 15 is 0 Å². The quantitative estimate of drug-likeness (QED) is 0.824. The molecule has 2 rings (SSSR count). The van der Waals surface area contributed by atoms with Gasteiger partial charge in [-0.2, -0.15) is 0 Å². The first-order chi connectivity index (χ1) is 8.59. The zero-order chi connectivity index (χ0) is 13.1. The number of rotatable bonds is 3. The number of nitrogens with zero attached hydrogens (tertiary/aromatic N) is 1. The summed E-state index contributed by atoms with van der Waals surface area (Å²) in [6.07, 6.45) is -2.59. The minimum Gasteiger partial charge on any atom is -0.314 e. The topological polar surface area (TPSA) is 15.3 Å². The van der Waals surface area contributed by atoms with Crippen molar-refractivity contribution < 1.29 is 13.2 Å². The van der Waals surface area contributed by atoms with E-state index < -0.39 is 18.3 Å². The zero-order valence-corrected chi connectivity index (χ0v) is 11.8. The van der Waals surface area contributed by atoms with Crippen molar-refractivity contribution in [2.45, 2.75) is 12.5 Å². The lowest BCUT2D eigenvalue weighted by Crippen LogP contribution is -2.47. The molecule has 1 fully saturated rings. The number of halogens is 4. The maximum Gasteiger partial charge on any atom is 0.258 e. The van der Waals surface area contributed by atoms with Crippen LogP contribution in [0.1, 0.15) is 11.6 Å². The van der Waals surface area contributed by atoms with E-state index in [2.05, 4.69) is 5.32 Å². The molecule has 1 heterocycles. The van der Waals surface area contributed by atoms with Crippen LogP contribution in [0.3, 0.4) is 0 Å². The number of hydrogen-bond acceptors (Lipinski definition) is 2. The molecule has 1 aliphatic rings. The van der Waals surface area contributed by atoms with Crippen LogP contribution in [-0.2, 0) is 0 Å². The van der Waals surface area contributed by atoms with Crippen LogP contribution in [0.4, 0.5) is 13.2 Å². The van der Waals surface area contributed by atoms with Crippen molar-refractivity contribution >= 4 is 22.6 Å². The zero-order valence-electron chi connectivity index (χ0n) is 9.67. The SMILES string of the molecule is Fc1ccc(I)cc1[C@@H](C(F)F)N1CCNCC1. The van der Waals surface area contributed by atoms with Gasteiger partial charge in [0.15, 0.2) is 0 Å². The lowest BCUT2D eigenvalue weighted by Gasteiger charge is -2.34. The van der Waals surface area contributed by atoms with Gasteiger partial charge < -0.3 is 5.32 Å². The number of alkyl halides is 2. The Morgan fingerprint density at radius 2 is 1.89 bits per heavy atom. The molecule has 0 radical (unpaired) electrons. The predicted molar refractivity (Wildman–Crippen MR) is 72.3 cm³/mol. The molecular formula is C12H14F3IN2. The second-order valence-electron chi connectivity index (χ2n) is 4.23. The third-order valence-corrected chi connectivity index (χ3v) is 3.73. The molecule has 0 amide bonds. The molecule has 0 saturated carbocycles. The maximum atomic E-state index is 13.8. The second-order valence-corrected chi connectivity index (χ2v) is 5.48. The minimum atomic E-state index is -2.59. The van der Waals surface area contributed by atoms with Crippen LogP contribution in [0.5, 0.6) is 0 Å². The Balaban J connectivity index is 2.31. The number of hydrogen-bond donors (Lipinski definition) is 1. The van der Waals surface area contributed by atoms with E-state index in [1.807, 2.05) is 22.6 Å². The van der Waals surface area contributed by atoms with Crippen molar-refractivity contribution in [3.63, 3.8) is 0 Å². The van der Waals surface area contributed by atoms with Crippen molar-refractivity contribution in [2.75, 3.05) is 26.2 Å². The van der Waals surface area contributed by atoms with Crippen LogP contribution in [-0.4, -0.2) is 37.5 Å². The highest BCUT2D eigenvalue weighted by Gasteiger charge is 2.32. The Labute approximate surface area is 118 Å². The van der Waals surface area contributed by atoms with Crippen molar-refractivity contribution in [3.8, 4) is 0 Å². The third-order valence-electron chi connectivity index (χ3n) is 3.06. The molecule has 1 aliphatic heterocycles. The molecule has 0 spiro atoms. The van der Waals surface area contributed by atoms with Gasteiger partial charge in [-0.25, -0.2) is 13.2 Å². The molecule has 100 valence electrons. The Morgan fingerprint density at radius 1 is 1.22 bits per heavy atom. The van der Waals surface area contributed by atoms with Crippen molar-refractivity contribution in [3.05, 3.63) is 33.1 Å². The average molecular weight is 370 g/mol. The van der Waals surface area contributed by atoms with Crippen molar-refractivity contribution in [2.24, 2.45) is 0 Å². The van der Waals surface area contributed by atoms with Gasteiger partial charge in [0.1, 0.15) is 5.82 Å². The Hall–Kier alpha value is -0.340. The third kappa shape index (κ3) is 3.16. The van der Waals surface area contributed by atoms with Gasteiger partial charge in [-0.1, -0.05) is 0 Å². The summed E-state index contributed by atoms with van der Waals surface area (Å²) in [4.78, 5) is 1.65. The predicted octanol–water partition coefficient (Wildman–Crippen LogP) is 2.64. The normalized spacial score (nSPS) is 19.2. The summed E-state index contributed by atoms with van der Waals surface area (Å²) in [5, 5.41) is 3.10. The first-order valence-corrected chi connectivity index (χ1v) is 6.85. The molecule has 6 heteroatoms. The molecule has 1 N–H and O–H groups in total. The fourth-order valence-electron chi connectivity index (χ4n) is 2.19. The highest BCUT2D eigenvalue weighted by molar-refractivity contribution is 14.1. The highest BCUT2D eigenvalue weighted by atomic mass is 127.